The molecule has 4 rings (SSSR count). The maximum absolute atomic E-state index is 12.6. The number of aromatic nitrogens is 4. The van der Waals surface area contributed by atoms with Crippen LogP contribution in [-0.2, 0) is 0 Å². The Morgan fingerprint density at radius 1 is 1.07 bits per heavy atom. The van der Waals surface area contributed by atoms with Crippen molar-refractivity contribution in [3.05, 3.63) is 42.4 Å². The predicted molar refractivity (Wildman–Crippen MR) is 106 cm³/mol. The minimum Gasteiger partial charge on any atom is -0.357 e. The summed E-state index contributed by atoms with van der Waals surface area (Å²) in [5.41, 5.74) is 1.97. The van der Waals surface area contributed by atoms with E-state index in [2.05, 4.69) is 39.1 Å². The van der Waals surface area contributed by atoms with Gasteiger partial charge in [-0.25, -0.2) is 14.6 Å². The number of pyridine rings is 2. The quantitative estimate of drug-likeness (QED) is 0.765. The van der Waals surface area contributed by atoms with E-state index in [1.165, 1.54) is 19.3 Å². The lowest BCUT2D eigenvalue weighted by molar-refractivity contribution is 0.102. The molecule has 0 spiro atoms. The molecule has 140 valence electrons. The maximum atomic E-state index is 12.6. The van der Waals surface area contributed by atoms with Crippen molar-refractivity contribution in [3.8, 4) is 0 Å². The van der Waals surface area contributed by atoms with Crippen molar-refractivity contribution >= 4 is 28.4 Å². The first kappa shape index (κ1) is 17.5. The van der Waals surface area contributed by atoms with Crippen LogP contribution in [0.5, 0.6) is 0 Å². The minimum absolute atomic E-state index is 0.200. The number of nitrogens with one attached hydrogen (secondary N) is 1. The molecule has 7 heteroatoms. The lowest BCUT2D eigenvalue weighted by Crippen LogP contribution is -2.30. The largest absolute Gasteiger partial charge is 0.357 e. The van der Waals surface area contributed by atoms with E-state index in [0.29, 0.717) is 11.3 Å². The van der Waals surface area contributed by atoms with Gasteiger partial charge in [-0.1, -0.05) is 0 Å². The third-order valence-electron chi connectivity index (χ3n) is 4.87. The number of nitrogens with zero attached hydrogens (tertiary/aromatic N) is 5. The van der Waals surface area contributed by atoms with Crippen molar-refractivity contribution in [2.75, 3.05) is 23.3 Å². The van der Waals surface area contributed by atoms with Gasteiger partial charge < -0.3 is 10.2 Å². The Kier molecular flexibility index (Phi) is 4.75. The van der Waals surface area contributed by atoms with Crippen LogP contribution in [0.15, 0.2) is 36.8 Å². The second kappa shape index (κ2) is 7.34. The lowest BCUT2D eigenvalue weighted by atomic mass is 10.1. The fourth-order valence-electron chi connectivity index (χ4n) is 3.42. The van der Waals surface area contributed by atoms with Crippen LogP contribution in [-0.4, -0.2) is 38.7 Å². The van der Waals surface area contributed by atoms with E-state index in [-0.39, 0.29) is 11.9 Å². The SMILES string of the molecule is CC(C)n1ncc2cc(C(=O)Nc3ccc(N4CCCCC4)nc3)cnc21. The highest BCUT2D eigenvalue weighted by Crippen LogP contribution is 2.20. The number of anilines is 2. The lowest BCUT2D eigenvalue weighted by Gasteiger charge is -2.27. The average molecular weight is 364 g/mol. The summed E-state index contributed by atoms with van der Waals surface area (Å²) in [6.07, 6.45) is 8.76. The van der Waals surface area contributed by atoms with Gasteiger partial charge in [0.05, 0.1) is 23.6 Å². The molecule has 27 heavy (non-hydrogen) atoms. The van der Waals surface area contributed by atoms with Gasteiger partial charge in [0.25, 0.3) is 5.91 Å². The summed E-state index contributed by atoms with van der Waals surface area (Å²) >= 11 is 0. The van der Waals surface area contributed by atoms with E-state index in [1.54, 1.807) is 18.6 Å². The van der Waals surface area contributed by atoms with Gasteiger partial charge in [0, 0.05) is 30.7 Å². The monoisotopic (exact) mass is 364 g/mol. The van der Waals surface area contributed by atoms with Crippen molar-refractivity contribution < 1.29 is 4.79 Å². The standard InChI is InChI=1S/C20H24N6O/c1-14(2)26-19-15(12-23-26)10-16(11-22-19)20(27)24-17-6-7-18(21-13-17)25-8-4-3-5-9-25/h6-7,10-14H,3-5,8-9H2,1-2H3,(H,24,27). The number of carbonyl (C=O) groups excluding carboxylic acids is 1. The van der Waals surface area contributed by atoms with Crippen LogP contribution in [0.3, 0.4) is 0 Å². The zero-order valence-electron chi connectivity index (χ0n) is 15.7. The summed E-state index contributed by atoms with van der Waals surface area (Å²) in [6.45, 7) is 6.20. The van der Waals surface area contributed by atoms with Crippen molar-refractivity contribution in [1.29, 1.82) is 0 Å². The summed E-state index contributed by atoms with van der Waals surface area (Å²) in [5.74, 6) is 0.770. The van der Waals surface area contributed by atoms with Gasteiger partial charge in [0.15, 0.2) is 5.65 Å². The fraction of sp³-hybridized carbons (Fsp3) is 0.400. The Hall–Kier alpha value is -2.96. The third-order valence-corrected chi connectivity index (χ3v) is 4.87. The van der Waals surface area contributed by atoms with Crippen LogP contribution in [0.1, 0.15) is 49.5 Å². The van der Waals surface area contributed by atoms with Gasteiger partial charge in [0.1, 0.15) is 5.82 Å². The van der Waals surface area contributed by atoms with Gasteiger partial charge >= 0.3 is 0 Å². The van der Waals surface area contributed by atoms with Crippen LogP contribution in [0.4, 0.5) is 11.5 Å². The van der Waals surface area contributed by atoms with Crippen molar-refractivity contribution in [1.82, 2.24) is 19.7 Å². The molecule has 0 bridgehead atoms. The van der Waals surface area contributed by atoms with Gasteiger partial charge in [-0.2, -0.15) is 5.10 Å². The molecular formula is C20H24N6O. The van der Waals surface area contributed by atoms with E-state index in [4.69, 9.17) is 0 Å². The summed E-state index contributed by atoms with van der Waals surface area (Å²) in [5, 5.41) is 8.09. The molecule has 1 N–H and O–H groups in total. The number of carbonyl (C=O) groups is 1. The average Bonchev–Trinajstić information content (AvgIpc) is 3.13. The van der Waals surface area contributed by atoms with E-state index in [0.717, 1.165) is 29.9 Å². The van der Waals surface area contributed by atoms with Crippen LogP contribution < -0.4 is 10.2 Å². The first-order valence-electron chi connectivity index (χ1n) is 9.47. The van der Waals surface area contributed by atoms with Gasteiger partial charge in [-0.15, -0.1) is 0 Å². The summed E-state index contributed by atoms with van der Waals surface area (Å²) in [4.78, 5) is 23.8. The molecular weight excluding hydrogens is 340 g/mol. The summed E-state index contributed by atoms with van der Waals surface area (Å²) in [6, 6.07) is 5.91. The van der Waals surface area contributed by atoms with Crippen LogP contribution in [0.2, 0.25) is 0 Å². The van der Waals surface area contributed by atoms with Crippen LogP contribution >= 0.6 is 0 Å². The van der Waals surface area contributed by atoms with E-state index in [9.17, 15) is 4.79 Å². The number of hydrogen-bond donors (Lipinski definition) is 1. The Balaban J connectivity index is 1.47. The van der Waals surface area contributed by atoms with E-state index < -0.39 is 0 Å². The Bertz CT molecular complexity index is 941. The fourth-order valence-corrected chi connectivity index (χ4v) is 3.42. The Morgan fingerprint density at radius 3 is 2.59 bits per heavy atom. The highest BCUT2D eigenvalue weighted by Gasteiger charge is 2.14. The van der Waals surface area contributed by atoms with Gasteiger partial charge in [0.2, 0.25) is 0 Å². The topological polar surface area (TPSA) is 75.9 Å². The predicted octanol–water partition coefficient (Wildman–Crippen LogP) is 3.65. The number of rotatable bonds is 4. The van der Waals surface area contributed by atoms with Crippen LogP contribution in [0, 0.1) is 0 Å². The number of piperidine rings is 1. The molecule has 3 aromatic rings. The minimum atomic E-state index is -0.200. The maximum Gasteiger partial charge on any atom is 0.257 e. The molecule has 1 saturated heterocycles. The molecule has 1 aliphatic rings. The molecule has 1 amide bonds. The Morgan fingerprint density at radius 2 is 1.89 bits per heavy atom. The first-order valence-corrected chi connectivity index (χ1v) is 9.47. The second-order valence-electron chi connectivity index (χ2n) is 7.23. The zero-order chi connectivity index (χ0) is 18.8. The first-order chi connectivity index (χ1) is 13.1. The molecule has 1 aliphatic heterocycles. The molecule has 0 saturated carbocycles. The highest BCUT2D eigenvalue weighted by atomic mass is 16.1. The molecule has 0 radical (unpaired) electrons. The molecule has 0 aliphatic carbocycles. The third kappa shape index (κ3) is 3.63. The number of amides is 1. The summed E-state index contributed by atoms with van der Waals surface area (Å²) < 4.78 is 1.85. The molecule has 1 fully saturated rings. The molecule has 0 aromatic carbocycles. The Labute approximate surface area is 158 Å². The van der Waals surface area contributed by atoms with Gasteiger partial charge in [-0.3, -0.25) is 4.79 Å². The van der Waals surface area contributed by atoms with Gasteiger partial charge in [-0.05, 0) is 51.3 Å². The molecule has 3 aromatic heterocycles. The smallest absolute Gasteiger partial charge is 0.257 e. The molecule has 0 unspecified atom stereocenters. The van der Waals surface area contributed by atoms with Crippen molar-refractivity contribution in [3.63, 3.8) is 0 Å². The zero-order valence-corrected chi connectivity index (χ0v) is 15.7. The van der Waals surface area contributed by atoms with E-state index >= 15 is 0 Å². The summed E-state index contributed by atoms with van der Waals surface area (Å²) in [7, 11) is 0. The number of fused-ring (bicyclic) bond motifs is 1. The van der Waals surface area contributed by atoms with Crippen LogP contribution in [0.25, 0.3) is 11.0 Å². The molecule has 0 atom stereocenters. The number of hydrogen-bond acceptors (Lipinski definition) is 5. The highest BCUT2D eigenvalue weighted by molar-refractivity contribution is 6.05. The van der Waals surface area contributed by atoms with Crippen molar-refractivity contribution in [2.45, 2.75) is 39.2 Å². The second-order valence-corrected chi connectivity index (χ2v) is 7.23. The van der Waals surface area contributed by atoms with E-state index in [1.807, 2.05) is 22.9 Å². The van der Waals surface area contributed by atoms with Crippen molar-refractivity contribution in [2.24, 2.45) is 0 Å². The molecule has 7 nitrogen and oxygen atoms in total. The molecule has 4 heterocycles. The normalized spacial score (nSPS) is 14.7.